The van der Waals surface area contributed by atoms with E-state index < -0.39 is 6.17 Å². The largest absolute Gasteiger partial charge is 0.311 e. The summed E-state index contributed by atoms with van der Waals surface area (Å²) in [6.07, 6.45) is 2.60. The zero-order valence-electron chi connectivity index (χ0n) is 4.91. The monoisotopic (exact) mass is 122 g/mol. The molecule has 0 saturated carbocycles. The molecule has 1 aromatic rings. The van der Waals surface area contributed by atoms with E-state index in [1.165, 1.54) is 0 Å². The fourth-order valence-electron chi connectivity index (χ4n) is 0.560. The van der Waals surface area contributed by atoms with Gasteiger partial charge in [0.25, 0.3) is 0 Å². The topological polar surface area (TPSA) is 62.7 Å². The number of nitrogens with two attached hydrogens (primary N) is 1. The summed E-state index contributed by atoms with van der Waals surface area (Å²) in [7, 11) is 0. The van der Waals surface area contributed by atoms with Crippen LogP contribution in [0.5, 0.6) is 0 Å². The van der Waals surface area contributed by atoms with E-state index in [2.05, 4.69) is 4.98 Å². The predicted octanol–water partition coefficient (Wildman–Crippen LogP) is 0.322. The Morgan fingerprint density at radius 1 is 1.67 bits per heavy atom. The molecule has 1 aromatic heterocycles. The Labute approximate surface area is 53.7 Å². The normalized spacial score (nSPS) is 10.1. The van der Waals surface area contributed by atoms with E-state index in [4.69, 9.17) is 11.5 Å². The van der Waals surface area contributed by atoms with Crippen LogP contribution in [0.1, 0.15) is 11.7 Å². The van der Waals surface area contributed by atoms with Crippen molar-refractivity contribution in [1.29, 1.82) is 0 Å². The summed E-state index contributed by atoms with van der Waals surface area (Å²) in [6.45, 7) is 0. The first-order valence-corrected chi connectivity index (χ1v) is 2.67. The van der Waals surface area contributed by atoms with Gasteiger partial charge >= 0.3 is 0 Å². The van der Waals surface area contributed by atoms with E-state index in [0.717, 1.165) is 5.56 Å². The minimum atomic E-state index is -0.654. The number of aromatic nitrogens is 1. The molecule has 0 bridgehead atoms. The van der Waals surface area contributed by atoms with Gasteiger partial charge in [0.2, 0.25) is 0 Å². The average molecular weight is 122 g/mol. The van der Waals surface area contributed by atoms with Gasteiger partial charge in [0, 0.05) is 18.0 Å². The molecule has 0 fully saturated rings. The second-order valence-corrected chi connectivity index (χ2v) is 1.76. The van der Waals surface area contributed by atoms with Crippen LogP contribution in [0, 0.1) is 0 Å². The van der Waals surface area contributed by atoms with Crippen LogP contribution in [0.3, 0.4) is 0 Å². The van der Waals surface area contributed by atoms with E-state index in [1.807, 2.05) is 0 Å². The first-order chi connectivity index (χ1) is 4.30. The highest BCUT2D eigenvalue weighted by atomic mass is 14.9. The molecule has 0 spiro atoms. The van der Waals surface area contributed by atoms with Gasteiger partial charge < -0.3 is 5.73 Å². The van der Waals surface area contributed by atoms with Crippen LogP contribution in [-0.2, 0) is 0 Å². The van der Waals surface area contributed by atoms with Gasteiger partial charge in [0.15, 0.2) is 0 Å². The van der Waals surface area contributed by atoms with Crippen molar-refractivity contribution in [3.05, 3.63) is 30.1 Å². The predicted molar refractivity (Wildman–Crippen MR) is 34.3 cm³/mol. The standard InChI is InChI=1S/C6H8N3/c7-6(8)5-2-1-3-9-4-5/h1-4,6-7H,8H2. The van der Waals surface area contributed by atoms with Crippen molar-refractivity contribution in [1.82, 2.24) is 10.7 Å². The van der Waals surface area contributed by atoms with Crippen LogP contribution >= 0.6 is 0 Å². The Morgan fingerprint density at radius 3 is 2.78 bits per heavy atom. The molecule has 0 aliphatic rings. The van der Waals surface area contributed by atoms with Crippen LogP contribution in [0.4, 0.5) is 0 Å². The molecule has 9 heavy (non-hydrogen) atoms. The number of hydrogen-bond acceptors (Lipinski definition) is 2. The lowest BCUT2D eigenvalue weighted by atomic mass is 10.2. The summed E-state index contributed by atoms with van der Waals surface area (Å²) in [5.74, 6) is 0. The van der Waals surface area contributed by atoms with Crippen molar-refractivity contribution in [3.8, 4) is 0 Å². The maximum absolute atomic E-state index is 7.06. The van der Waals surface area contributed by atoms with Crippen LogP contribution < -0.4 is 11.5 Å². The van der Waals surface area contributed by atoms with E-state index in [1.54, 1.807) is 24.5 Å². The molecule has 47 valence electrons. The molecule has 0 aromatic carbocycles. The van der Waals surface area contributed by atoms with Crippen molar-refractivity contribution in [2.45, 2.75) is 6.17 Å². The second kappa shape index (κ2) is 2.57. The Morgan fingerprint density at radius 2 is 2.44 bits per heavy atom. The highest BCUT2D eigenvalue weighted by molar-refractivity contribution is 5.11. The molecule has 1 atom stereocenters. The average Bonchev–Trinajstić information content (AvgIpc) is 1.90. The Kier molecular flexibility index (Phi) is 1.77. The van der Waals surface area contributed by atoms with Gasteiger partial charge in [-0.3, -0.25) is 4.98 Å². The number of hydrogen-bond donors (Lipinski definition) is 1. The summed E-state index contributed by atoms with van der Waals surface area (Å²) >= 11 is 0. The molecule has 3 nitrogen and oxygen atoms in total. The highest BCUT2D eigenvalue weighted by Crippen LogP contribution is 2.01. The van der Waals surface area contributed by atoms with Crippen LogP contribution in [0.25, 0.3) is 0 Å². The fourth-order valence-corrected chi connectivity index (χ4v) is 0.560. The zero-order chi connectivity index (χ0) is 6.69. The van der Waals surface area contributed by atoms with E-state index in [-0.39, 0.29) is 0 Å². The minimum Gasteiger partial charge on any atom is -0.311 e. The van der Waals surface area contributed by atoms with Crippen molar-refractivity contribution in [2.75, 3.05) is 0 Å². The third-order valence-corrected chi connectivity index (χ3v) is 1.04. The second-order valence-electron chi connectivity index (χ2n) is 1.76. The molecule has 1 unspecified atom stereocenters. The molecular weight excluding hydrogens is 114 g/mol. The number of nitrogens with zero attached hydrogens (tertiary/aromatic N) is 1. The molecule has 1 heterocycles. The third kappa shape index (κ3) is 1.48. The first-order valence-electron chi connectivity index (χ1n) is 2.67. The lowest BCUT2D eigenvalue weighted by molar-refractivity contribution is 0.741. The van der Waals surface area contributed by atoms with Gasteiger partial charge in [0.05, 0.1) is 6.17 Å². The fraction of sp³-hybridized carbons (Fsp3) is 0.167. The highest BCUT2D eigenvalue weighted by Gasteiger charge is 1.95. The van der Waals surface area contributed by atoms with E-state index >= 15 is 0 Å². The summed E-state index contributed by atoms with van der Waals surface area (Å²) in [6, 6.07) is 3.55. The Balaban J connectivity index is 2.85. The van der Waals surface area contributed by atoms with E-state index in [9.17, 15) is 0 Å². The molecule has 0 amide bonds. The molecule has 1 radical (unpaired) electrons. The number of rotatable bonds is 1. The van der Waals surface area contributed by atoms with Gasteiger partial charge in [-0.2, -0.15) is 0 Å². The lowest BCUT2D eigenvalue weighted by Crippen LogP contribution is -2.10. The van der Waals surface area contributed by atoms with Crippen molar-refractivity contribution >= 4 is 0 Å². The first kappa shape index (κ1) is 6.19. The van der Waals surface area contributed by atoms with Crippen LogP contribution in [0.15, 0.2) is 24.5 Å². The maximum atomic E-state index is 7.06. The molecule has 0 saturated heterocycles. The van der Waals surface area contributed by atoms with Crippen LogP contribution in [-0.4, -0.2) is 4.98 Å². The summed E-state index contributed by atoms with van der Waals surface area (Å²) in [4.78, 5) is 3.81. The molecule has 1 rings (SSSR count). The maximum Gasteiger partial charge on any atom is 0.0953 e. The molecule has 3 heteroatoms. The summed E-state index contributed by atoms with van der Waals surface area (Å²) in [5.41, 5.74) is 13.0. The minimum absolute atomic E-state index is 0.654. The SMILES string of the molecule is [NH]C(N)c1cccnc1. The number of nitrogens with one attached hydrogen (secondary N) is 1. The number of pyridine rings is 1. The molecule has 0 aliphatic heterocycles. The quantitative estimate of drug-likeness (QED) is 0.583. The summed E-state index contributed by atoms with van der Waals surface area (Å²) in [5, 5.41) is 0. The van der Waals surface area contributed by atoms with Crippen LogP contribution in [0.2, 0.25) is 0 Å². The van der Waals surface area contributed by atoms with Gasteiger partial charge in [-0.1, -0.05) is 6.07 Å². The molecule has 3 N–H and O–H groups in total. The summed E-state index contributed by atoms with van der Waals surface area (Å²) < 4.78 is 0. The lowest BCUT2D eigenvalue weighted by Gasteiger charge is -2.00. The Hall–Kier alpha value is -0.930. The zero-order valence-corrected chi connectivity index (χ0v) is 4.91. The van der Waals surface area contributed by atoms with Gasteiger partial charge in [-0.05, 0) is 6.07 Å². The molecular formula is C6H8N3. The van der Waals surface area contributed by atoms with Crippen molar-refractivity contribution < 1.29 is 0 Å². The van der Waals surface area contributed by atoms with Gasteiger partial charge in [-0.15, -0.1) is 0 Å². The van der Waals surface area contributed by atoms with Gasteiger partial charge in [-0.25, -0.2) is 5.73 Å². The third-order valence-electron chi connectivity index (χ3n) is 1.04. The smallest absolute Gasteiger partial charge is 0.0953 e. The van der Waals surface area contributed by atoms with Crippen molar-refractivity contribution in [3.63, 3.8) is 0 Å². The Bertz CT molecular complexity index is 171. The van der Waals surface area contributed by atoms with E-state index in [0.29, 0.717) is 0 Å². The molecule has 0 aliphatic carbocycles. The van der Waals surface area contributed by atoms with Crippen molar-refractivity contribution in [2.24, 2.45) is 5.73 Å². The van der Waals surface area contributed by atoms with Gasteiger partial charge in [0.1, 0.15) is 0 Å².